The lowest BCUT2D eigenvalue weighted by Gasteiger charge is -2.17. The zero-order valence-electron chi connectivity index (χ0n) is 10.3. The Labute approximate surface area is 93.2 Å². The maximum Gasteiger partial charge on any atom is 0.233 e. The fourth-order valence-corrected chi connectivity index (χ4v) is 1.33. The molecule has 15 heavy (non-hydrogen) atoms. The van der Waals surface area contributed by atoms with Crippen LogP contribution in [0, 0.1) is 5.92 Å². The minimum absolute atomic E-state index is 0.0696. The summed E-state index contributed by atoms with van der Waals surface area (Å²) in [4.78, 5) is 13.1. The SMILES string of the molecule is CC(C)CCN(C)CCCCC(=O)NN. The highest BCUT2D eigenvalue weighted by Crippen LogP contribution is 2.02. The highest BCUT2D eigenvalue weighted by atomic mass is 16.2. The molecular weight excluding hydrogens is 190 g/mol. The molecule has 0 aromatic carbocycles. The molecule has 4 heteroatoms. The molecular formula is C11H25N3O. The summed E-state index contributed by atoms with van der Waals surface area (Å²) < 4.78 is 0. The van der Waals surface area contributed by atoms with Crippen molar-refractivity contribution >= 4 is 5.91 Å². The fourth-order valence-electron chi connectivity index (χ4n) is 1.33. The van der Waals surface area contributed by atoms with Gasteiger partial charge in [0.1, 0.15) is 0 Å². The lowest BCUT2D eigenvalue weighted by molar-refractivity contribution is -0.121. The van der Waals surface area contributed by atoms with Gasteiger partial charge in [-0.15, -0.1) is 0 Å². The normalized spacial score (nSPS) is 11.1. The van der Waals surface area contributed by atoms with Gasteiger partial charge in [-0.25, -0.2) is 5.84 Å². The first kappa shape index (κ1) is 14.4. The van der Waals surface area contributed by atoms with Crippen molar-refractivity contribution in [3.05, 3.63) is 0 Å². The number of hydrogen-bond acceptors (Lipinski definition) is 3. The van der Waals surface area contributed by atoms with Gasteiger partial charge in [0, 0.05) is 6.42 Å². The van der Waals surface area contributed by atoms with Crippen LogP contribution in [0.1, 0.15) is 39.5 Å². The van der Waals surface area contributed by atoms with Gasteiger partial charge in [-0.1, -0.05) is 13.8 Å². The molecule has 90 valence electrons. The molecule has 0 bridgehead atoms. The van der Waals surface area contributed by atoms with Crippen LogP contribution in [-0.4, -0.2) is 30.9 Å². The molecule has 0 saturated heterocycles. The van der Waals surface area contributed by atoms with Gasteiger partial charge in [0.15, 0.2) is 0 Å². The number of carbonyl (C=O) groups excluding carboxylic acids is 1. The van der Waals surface area contributed by atoms with E-state index in [2.05, 4.69) is 31.2 Å². The van der Waals surface area contributed by atoms with Crippen LogP contribution in [0.4, 0.5) is 0 Å². The van der Waals surface area contributed by atoms with Crippen LogP contribution < -0.4 is 11.3 Å². The van der Waals surface area contributed by atoms with Gasteiger partial charge in [-0.2, -0.15) is 0 Å². The van der Waals surface area contributed by atoms with Crippen LogP contribution in [0.15, 0.2) is 0 Å². The molecule has 0 fully saturated rings. The summed E-state index contributed by atoms with van der Waals surface area (Å²) in [6.07, 6.45) is 3.74. The van der Waals surface area contributed by atoms with Gasteiger partial charge in [0.05, 0.1) is 0 Å². The summed E-state index contributed by atoms with van der Waals surface area (Å²) in [5.41, 5.74) is 2.14. The third-order valence-corrected chi connectivity index (χ3v) is 2.44. The van der Waals surface area contributed by atoms with Crippen molar-refractivity contribution < 1.29 is 4.79 Å². The number of carbonyl (C=O) groups is 1. The molecule has 0 aromatic rings. The van der Waals surface area contributed by atoms with E-state index in [1.807, 2.05) is 0 Å². The van der Waals surface area contributed by atoms with E-state index in [-0.39, 0.29) is 5.91 Å². The Balaban J connectivity index is 3.31. The standard InChI is InChI=1S/C11H25N3O/c1-10(2)7-9-14(3)8-5-4-6-11(15)13-12/h10H,4-9,12H2,1-3H3,(H,13,15). The molecule has 0 rings (SSSR count). The maximum atomic E-state index is 10.8. The summed E-state index contributed by atoms with van der Waals surface area (Å²) in [7, 11) is 2.13. The van der Waals surface area contributed by atoms with Crippen LogP contribution in [0.3, 0.4) is 0 Å². The summed E-state index contributed by atoms with van der Waals surface area (Å²) in [6.45, 7) is 6.67. The van der Waals surface area contributed by atoms with E-state index in [0.717, 1.165) is 31.8 Å². The molecule has 0 spiro atoms. The topological polar surface area (TPSA) is 58.4 Å². The van der Waals surface area contributed by atoms with E-state index in [1.165, 1.54) is 6.42 Å². The Morgan fingerprint density at radius 1 is 1.33 bits per heavy atom. The van der Waals surface area contributed by atoms with E-state index in [0.29, 0.717) is 6.42 Å². The third kappa shape index (κ3) is 9.69. The molecule has 4 nitrogen and oxygen atoms in total. The Kier molecular flexibility index (Phi) is 8.33. The molecule has 0 heterocycles. The van der Waals surface area contributed by atoms with Gasteiger partial charge < -0.3 is 4.90 Å². The van der Waals surface area contributed by atoms with Crippen molar-refractivity contribution in [2.24, 2.45) is 11.8 Å². The van der Waals surface area contributed by atoms with Crippen LogP contribution >= 0.6 is 0 Å². The van der Waals surface area contributed by atoms with Crippen molar-refractivity contribution in [1.82, 2.24) is 10.3 Å². The summed E-state index contributed by atoms with van der Waals surface area (Å²) in [5.74, 6) is 5.68. The number of unbranched alkanes of at least 4 members (excludes halogenated alkanes) is 1. The Morgan fingerprint density at radius 2 is 2.00 bits per heavy atom. The first-order valence-corrected chi connectivity index (χ1v) is 5.74. The van der Waals surface area contributed by atoms with Gasteiger partial charge in [-0.3, -0.25) is 10.2 Å². The van der Waals surface area contributed by atoms with Crippen molar-refractivity contribution in [3.8, 4) is 0 Å². The van der Waals surface area contributed by atoms with Crippen molar-refractivity contribution in [2.75, 3.05) is 20.1 Å². The Morgan fingerprint density at radius 3 is 2.53 bits per heavy atom. The smallest absolute Gasteiger partial charge is 0.233 e. The molecule has 0 atom stereocenters. The molecule has 0 aliphatic carbocycles. The number of hydrazine groups is 1. The zero-order valence-corrected chi connectivity index (χ0v) is 10.3. The Bertz CT molecular complexity index is 171. The molecule has 0 radical (unpaired) electrons. The zero-order chi connectivity index (χ0) is 11.7. The predicted molar refractivity (Wildman–Crippen MR) is 63.1 cm³/mol. The Hall–Kier alpha value is -0.610. The second-order valence-electron chi connectivity index (χ2n) is 4.51. The van der Waals surface area contributed by atoms with Crippen LogP contribution in [-0.2, 0) is 4.79 Å². The molecule has 0 saturated carbocycles. The van der Waals surface area contributed by atoms with Gasteiger partial charge in [0.25, 0.3) is 0 Å². The second-order valence-corrected chi connectivity index (χ2v) is 4.51. The molecule has 0 aliphatic heterocycles. The maximum absolute atomic E-state index is 10.8. The van der Waals surface area contributed by atoms with Crippen molar-refractivity contribution in [2.45, 2.75) is 39.5 Å². The minimum Gasteiger partial charge on any atom is -0.306 e. The second kappa shape index (κ2) is 8.68. The summed E-state index contributed by atoms with van der Waals surface area (Å²) in [5, 5.41) is 0. The summed E-state index contributed by atoms with van der Waals surface area (Å²) >= 11 is 0. The third-order valence-electron chi connectivity index (χ3n) is 2.44. The molecule has 0 unspecified atom stereocenters. The van der Waals surface area contributed by atoms with Crippen LogP contribution in [0.5, 0.6) is 0 Å². The monoisotopic (exact) mass is 215 g/mol. The van der Waals surface area contributed by atoms with E-state index in [1.54, 1.807) is 0 Å². The number of hydrogen-bond donors (Lipinski definition) is 2. The summed E-state index contributed by atoms with van der Waals surface area (Å²) in [6, 6.07) is 0. The average Bonchev–Trinajstić information content (AvgIpc) is 2.21. The first-order chi connectivity index (χ1) is 7.06. The predicted octanol–water partition coefficient (Wildman–Crippen LogP) is 1.12. The largest absolute Gasteiger partial charge is 0.306 e. The molecule has 0 aliphatic rings. The number of amides is 1. The number of nitrogens with two attached hydrogens (primary N) is 1. The first-order valence-electron chi connectivity index (χ1n) is 5.74. The van der Waals surface area contributed by atoms with E-state index >= 15 is 0 Å². The highest BCUT2D eigenvalue weighted by molar-refractivity contribution is 5.74. The fraction of sp³-hybridized carbons (Fsp3) is 0.909. The molecule has 0 aromatic heterocycles. The van der Waals surface area contributed by atoms with Gasteiger partial charge in [-0.05, 0) is 45.3 Å². The van der Waals surface area contributed by atoms with E-state index in [4.69, 9.17) is 5.84 Å². The number of nitrogens with one attached hydrogen (secondary N) is 1. The van der Waals surface area contributed by atoms with E-state index < -0.39 is 0 Å². The highest BCUT2D eigenvalue weighted by Gasteiger charge is 2.02. The van der Waals surface area contributed by atoms with Crippen LogP contribution in [0.2, 0.25) is 0 Å². The lowest BCUT2D eigenvalue weighted by Crippen LogP contribution is -2.30. The van der Waals surface area contributed by atoms with Crippen molar-refractivity contribution in [3.63, 3.8) is 0 Å². The number of rotatable bonds is 8. The minimum atomic E-state index is -0.0696. The lowest BCUT2D eigenvalue weighted by atomic mass is 10.1. The van der Waals surface area contributed by atoms with Crippen LogP contribution in [0.25, 0.3) is 0 Å². The van der Waals surface area contributed by atoms with Gasteiger partial charge >= 0.3 is 0 Å². The average molecular weight is 215 g/mol. The molecule has 3 N–H and O–H groups in total. The number of nitrogens with zero attached hydrogens (tertiary/aromatic N) is 1. The quantitative estimate of drug-likeness (QED) is 0.276. The molecule has 1 amide bonds. The van der Waals surface area contributed by atoms with Crippen molar-refractivity contribution in [1.29, 1.82) is 0 Å². The van der Waals surface area contributed by atoms with E-state index in [9.17, 15) is 4.79 Å². The van der Waals surface area contributed by atoms with Gasteiger partial charge in [0.2, 0.25) is 5.91 Å².